The van der Waals surface area contributed by atoms with E-state index in [-0.39, 0.29) is 5.91 Å². The highest BCUT2D eigenvalue weighted by Gasteiger charge is 2.19. The number of aromatic nitrogens is 2. The zero-order valence-corrected chi connectivity index (χ0v) is 18.3. The average molecular weight is 418 g/mol. The minimum Gasteiger partial charge on any atom is -0.368 e. The molecule has 3 rings (SSSR count). The van der Waals surface area contributed by atoms with Crippen molar-refractivity contribution in [2.24, 2.45) is 0 Å². The van der Waals surface area contributed by atoms with Gasteiger partial charge < -0.3 is 15.2 Å². The number of hydrogen-bond donors (Lipinski definition) is 2. The second kappa shape index (κ2) is 10.6. The second-order valence-corrected chi connectivity index (χ2v) is 8.04. The molecule has 0 unspecified atom stereocenters. The Morgan fingerprint density at radius 1 is 1.21 bits per heavy atom. The molecule has 158 valence electrons. The molecule has 0 spiro atoms. The number of hydrogen-bond acceptors (Lipinski definition) is 4. The molecule has 1 aliphatic rings. The Morgan fingerprint density at radius 2 is 2.00 bits per heavy atom. The summed E-state index contributed by atoms with van der Waals surface area (Å²) in [6.07, 6.45) is 5.89. The first-order valence-electron chi connectivity index (χ1n) is 10.6. The summed E-state index contributed by atoms with van der Waals surface area (Å²) in [7, 11) is 0. The van der Waals surface area contributed by atoms with Gasteiger partial charge in [0.2, 0.25) is 0 Å². The molecule has 29 heavy (non-hydrogen) atoms. The van der Waals surface area contributed by atoms with Crippen molar-refractivity contribution in [1.29, 1.82) is 0 Å². The van der Waals surface area contributed by atoms with E-state index in [1.807, 2.05) is 6.92 Å². The van der Waals surface area contributed by atoms with Crippen molar-refractivity contribution in [2.45, 2.75) is 39.5 Å². The lowest BCUT2D eigenvalue weighted by molar-refractivity contribution is 0.0943. The zero-order valence-electron chi connectivity index (χ0n) is 17.5. The molecule has 2 heterocycles. The van der Waals surface area contributed by atoms with Gasteiger partial charge in [0, 0.05) is 44.6 Å². The van der Waals surface area contributed by atoms with E-state index in [4.69, 9.17) is 11.6 Å². The number of halogens is 1. The molecule has 1 aliphatic heterocycles. The summed E-state index contributed by atoms with van der Waals surface area (Å²) < 4.78 is 0. The zero-order chi connectivity index (χ0) is 20.6. The molecular weight excluding hydrogens is 386 g/mol. The first kappa shape index (κ1) is 21.7. The average Bonchev–Trinajstić information content (AvgIpc) is 3.17. The second-order valence-electron chi connectivity index (χ2n) is 7.66. The Balaban J connectivity index is 1.30. The van der Waals surface area contributed by atoms with Gasteiger partial charge in [0.15, 0.2) is 5.82 Å². The lowest BCUT2D eigenvalue weighted by atomic mass is 10.1. The molecule has 2 N–H and O–H groups in total. The van der Waals surface area contributed by atoms with Crippen molar-refractivity contribution in [3.63, 3.8) is 0 Å². The summed E-state index contributed by atoms with van der Waals surface area (Å²) in [6, 6.07) is 6.36. The summed E-state index contributed by atoms with van der Waals surface area (Å²) in [6.45, 7) is 10.0. The number of carbonyl (C=O) groups is 1. The standard InChI is InChI=1S/C22H32ClN5O/c1-3-18-8-7-9-19(20(18)23)28-14-12-27(13-15-28)11-6-4-5-10-24-22(29)21-25-16-17(2)26-21/h7-9,16H,3-6,10-15H2,1-2H3,(H,24,29)(H,25,26). The topological polar surface area (TPSA) is 64.3 Å². The van der Waals surface area contributed by atoms with Crippen LogP contribution in [0.1, 0.15) is 48.1 Å². The number of rotatable bonds is 9. The van der Waals surface area contributed by atoms with Gasteiger partial charge in [0.25, 0.3) is 5.91 Å². The molecule has 0 radical (unpaired) electrons. The van der Waals surface area contributed by atoms with Crippen LogP contribution in [0.5, 0.6) is 0 Å². The van der Waals surface area contributed by atoms with Gasteiger partial charge in [0.1, 0.15) is 0 Å². The molecule has 0 aliphatic carbocycles. The molecule has 6 nitrogen and oxygen atoms in total. The fraction of sp³-hybridized carbons (Fsp3) is 0.545. The summed E-state index contributed by atoms with van der Waals surface area (Å²) in [4.78, 5) is 23.9. The number of nitrogens with zero attached hydrogens (tertiary/aromatic N) is 3. The lowest BCUT2D eigenvalue weighted by Gasteiger charge is -2.36. The van der Waals surface area contributed by atoms with Crippen molar-refractivity contribution < 1.29 is 4.79 Å². The van der Waals surface area contributed by atoms with E-state index in [1.54, 1.807) is 6.20 Å². The minimum atomic E-state index is -0.125. The fourth-order valence-electron chi connectivity index (χ4n) is 3.75. The largest absolute Gasteiger partial charge is 0.368 e. The molecule has 7 heteroatoms. The van der Waals surface area contributed by atoms with Gasteiger partial charge in [-0.1, -0.05) is 37.1 Å². The number of amides is 1. The minimum absolute atomic E-state index is 0.125. The quantitative estimate of drug-likeness (QED) is 0.611. The Hall–Kier alpha value is -2.05. The summed E-state index contributed by atoms with van der Waals surface area (Å²) in [5.74, 6) is 0.268. The Labute approximate surface area is 178 Å². The van der Waals surface area contributed by atoms with E-state index >= 15 is 0 Å². The summed E-state index contributed by atoms with van der Waals surface area (Å²) in [5.41, 5.74) is 3.30. The van der Waals surface area contributed by atoms with Crippen LogP contribution in [0.2, 0.25) is 5.02 Å². The third kappa shape index (κ3) is 5.97. The highest BCUT2D eigenvalue weighted by molar-refractivity contribution is 6.34. The lowest BCUT2D eigenvalue weighted by Crippen LogP contribution is -2.46. The van der Waals surface area contributed by atoms with E-state index in [0.29, 0.717) is 12.4 Å². The van der Waals surface area contributed by atoms with Gasteiger partial charge in [-0.05, 0) is 44.4 Å². The Bertz CT molecular complexity index is 798. The molecule has 1 saturated heterocycles. The monoisotopic (exact) mass is 417 g/mol. The van der Waals surface area contributed by atoms with Crippen molar-refractivity contribution in [1.82, 2.24) is 20.2 Å². The number of benzene rings is 1. The number of aromatic amines is 1. The Kier molecular flexibility index (Phi) is 7.95. The van der Waals surface area contributed by atoms with Crippen molar-refractivity contribution in [2.75, 3.05) is 44.2 Å². The van der Waals surface area contributed by atoms with Gasteiger partial charge in [-0.3, -0.25) is 9.69 Å². The highest BCUT2D eigenvalue weighted by Crippen LogP contribution is 2.30. The van der Waals surface area contributed by atoms with Gasteiger partial charge in [-0.15, -0.1) is 0 Å². The molecule has 1 fully saturated rings. The molecule has 0 bridgehead atoms. The number of H-pyrrole nitrogens is 1. The number of piperazine rings is 1. The number of carbonyl (C=O) groups excluding carboxylic acids is 1. The molecule has 1 amide bonds. The number of anilines is 1. The van der Waals surface area contributed by atoms with E-state index in [1.165, 1.54) is 11.3 Å². The van der Waals surface area contributed by atoms with Crippen LogP contribution in [0.4, 0.5) is 5.69 Å². The predicted molar refractivity (Wildman–Crippen MR) is 119 cm³/mol. The molecule has 0 atom stereocenters. The van der Waals surface area contributed by atoms with Crippen molar-refractivity contribution in [3.05, 3.63) is 46.5 Å². The normalized spacial score (nSPS) is 14.9. The predicted octanol–water partition coefficient (Wildman–Crippen LogP) is 3.66. The molecule has 2 aromatic rings. The van der Waals surface area contributed by atoms with Gasteiger partial charge in [-0.25, -0.2) is 4.98 Å². The van der Waals surface area contributed by atoms with Crippen LogP contribution in [0.3, 0.4) is 0 Å². The number of aryl methyl sites for hydroxylation is 2. The third-order valence-electron chi connectivity index (χ3n) is 5.51. The maximum atomic E-state index is 11.9. The highest BCUT2D eigenvalue weighted by atomic mass is 35.5. The van der Waals surface area contributed by atoms with Crippen LogP contribution in [-0.2, 0) is 6.42 Å². The maximum absolute atomic E-state index is 11.9. The maximum Gasteiger partial charge on any atom is 0.287 e. The first-order chi connectivity index (χ1) is 14.1. The van der Waals surface area contributed by atoms with Crippen molar-refractivity contribution >= 4 is 23.2 Å². The van der Waals surface area contributed by atoms with E-state index in [9.17, 15) is 4.79 Å². The smallest absolute Gasteiger partial charge is 0.287 e. The summed E-state index contributed by atoms with van der Waals surface area (Å²) in [5, 5.41) is 3.84. The Morgan fingerprint density at radius 3 is 2.69 bits per heavy atom. The van der Waals surface area contributed by atoms with Crippen LogP contribution in [0, 0.1) is 6.92 Å². The van der Waals surface area contributed by atoms with Gasteiger partial charge in [-0.2, -0.15) is 0 Å². The third-order valence-corrected chi connectivity index (χ3v) is 5.94. The molecule has 1 aromatic carbocycles. The van der Waals surface area contributed by atoms with Crippen molar-refractivity contribution in [3.8, 4) is 0 Å². The fourth-order valence-corrected chi connectivity index (χ4v) is 4.13. The number of unbranched alkanes of at least 4 members (excludes halogenated alkanes) is 2. The van der Waals surface area contributed by atoms with E-state index in [0.717, 1.165) is 69.1 Å². The molecule has 1 aromatic heterocycles. The number of nitrogens with one attached hydrogen (secondary N) is 2. The van der Waals surface area contributed by atoms with Crippen LogP contribution in [-0.4, -0.2) is 60.0 Å². The molecular formula is C22H32ClN5O. The van der Waals surface area contributed by atoms with Crippen LogP contribution >= 0.6 is 11.6 Å². The van der Waals surface area contributed by atoms with E-state index < -0.39 is 0 Å². The van der Waals surface area contributed by atoms with E-state index in [2.05, 4.69) is 50.2 Å². The van der Waals surface area contributed by atoms with Crippen LogP contribution in [0.25, 0.3) is 0 Å². The van der Waals surface area contributed by atoms with Gasteiger partial charge in [0.05, 0.1) is 10.7 Å². The summed E-state index contributed by atoms with van der Waals surface area (Å²) >= 11 is 6.58. The van der Waals surface area contributed by atoms with Gasteiger partial charge >= 0.3 is 0 Å². The number of imidazole rings is 1. The van der Waals surface area contributed by atoms with Crippen LogP contribution in [0.15, 0.2) is 24.4 Å². The SMILES string of the molecule is CCc1cccc(N2CCN(CCCCCNC(=O)c3ncc(C)[nH]3)CC2)c1Cl. The first-order valence-corrected chi connectivity index (χ1v) is 11.0. The molecule has 0 saturated carbocycles. The van der Waals surface area contributed by atoms with Crippen LogP contribution < -0.4 is 10.2 Å².